The molecule has 2 fully saturated rings. The van der Waals surface area contributed by atoms with Crippen molar-refractivity contribution >= 4 is 17.7 Å². The maximum atomic E-state index is 12.2. The van der Waals surface area contributed by atoms with E-state index in [1.54, 1.807) is 11.8 Å². The molecular formula is C12H22N2O2S. The Balaban J connectivity index is 1.89. The molecule has 2 aliphatic rings. The van der Waals surface area contributed by atoms with E-state index in [1.165, 1.54) is 0 Å². The van der Waals surface area contributed by atoms with E-state index in [-0.39, 0.29) is 28.8 Å². The van der Waals surface area contributed by atoms with Crippen molar-refractivity contribution in [3.8, 4) is 0 Å². The van der Waals surface area contributed by atoms with Gasteiger partial charge in [-0.15, -0.1) is 11.8 Å². The van der Waals surface area contributed by atoms with Gasteiger partial charge in [0, 0.05) is 12.6 Å². The van der Waals surface area contributed by atoms with Crippen LogP contribution in [0.3, 0.4) is 0 Å². The average molecular weight is 258 g/mol. The predicted molar refractivity (Wildman–Crippen MR) is 70.0 cm³/mol. The van der Waals surface area contributed by atoms with E-state index in [0.717, 1.165) is 25.0 Å². The molecule has 2 rings (SSSR count). The van der Waals surface area contributed by atoms with E-state index in [1.807, 2.05) is 13.8 Å². The van der Waals surface area contributed by atoms with Crippen molar-refractivity contribution in [3.05, 3.63) is 0 Å². The van der Waals surface area contributed by atoms with E-state index in [0.29, 0.717) is 6.61 Å². The van der Waals surface area contributed by atoms with Gasteiger partial charge in [0.25, 0.3) is 0 Å². The number of carbonyl (C=O) groups excluding carboxylic acids is 1. The van der Waals surface area contributed by atoms with Gasteiger partial charge in [0.1, 0.15) is 0 Å². The highest BCUT2D eigenvalue weighted by molar-refractivity contribution is 8.01. The summed E-state index contributed by atoms with van der Waals surface area (Å²) in [5, 5.41) is 3.07. The van der Waals surface area contributed by atoms with E-state index in [9.17, 15) is 4.79 Å². The van der Waals surface area contributed by atoms with Gasteiger partial charge in [-0.05, 0) is 38.9 Å². The van der Waals surface area contributed by atoms with E-state index in [4.69, 9.17) is 10.5 Å². The fraction of sp³-hybridized carbons (Fsp3) is 0.917. The Bertz CT molecular complexity index is 290. The normalized spacial score (nSPS) is 41.0. The molecule has 0 spiro atoms. The van der Waals surface area contributed by atoms with Crippen LogP contribution in [-0.2, 0) is 9.53 Å². The second-order valence-electron chi connectivity index (χ2n) is 5.08. The third-order valence-corrected chi connectivity index (χ3v) is 5.26. The van der Waals surface area contributed by atoms with Crippen molar-refractivity contribution in [2.75, 3.05) is 12.4 Å². The molecule has 0 bridgehead atoms. The van der Waals surface area contributed by atoms with Crippen LogP contribution in [0.4, 0.5) is 0 Å². The monoisotopic (exact) mass is 258 g/mol. The highest BCUT2D eigenvalue weighted by atomic mass is 32.2. The third kappa shape index (κ3) is 2.61. The van der Waals surface area contributed by atoms with Gasteiger partial charge in [-0.2, -0.15) is 0 Å². The highest BCUT2D eigenvalue weighted by Crippen LogP contribution is 2.38. The van der Waals surface area contributed by atoms with Gasteiger partial charge in [0.05, 0.1) is 16.9 Å². The Kier molecular flexibility index (Phi) is 4.00. The van der Waals surface area contributed by atoms with Crippen LogP contribution in [0.15, 0.2) is 0 Å². The summed E-state index contributed by atoms with van der Waals surface area (Å²) in [5.74, 6) is 1.21. The first kappa shape index (κ1) is 13.2. The van der Waals surface area contributed by atoms with Gasteiger partial charge >= 0.3 is 0 Å². The van der Waals surface area contributed by atoms with E-state index >= 15 is 0 Å². The molecule has 0 aromatic carbocycles. The van der Waals surface area contributed by atoms with E-state index < -0.39 is 0 Å². The van der Waals surface area contributed by atoms with Crippen LogP contribution in [0, 0.1) is 0 Å². The number of nitrogens with two attached hydrogens (primary N) is 1. The van der Waals surface area contributed by atoms with Crippen LogP contribution in [-0.4, -0.2) is 41.2 Å². The predicted octanol–water partition coefficient (Wildman–Crippen LogP) is 0.893. The van der Waals surface area contributed by atoms with Gasteiger partial charge in [0.2, 0.25) is 5.91 Å². The van der Waals surface area contributed by atoms with E-state index in [2.05, 4.69) is 5.32 Å². The molecule has 1 amide bonds. The molecule has 0 aromatic rings. The summed E-state index contributed by atoms with van der Waals surface area (Å²) in [7, 11) is 0. The van der Waals surface area contributed by atoms with Crippen molar-refractivity contribution < 1.29 is 9.53 Å². The lowest BCUT2D eigenvalue weighted by Gasteiger charge is -2.43. The third-order valence-electron chi connectivity index (χ3n) is 3.74. The number of hydrogen-bond donors (Lipinski definition) is 2. The van der Waals surface area contributed by atoms with Crippen molar-refractivity contribution in [2.24, 2.45) is 5.73 Å². The molecule has 1 aliphatic carbocycles. The molecule has 1 aliphatic heterocycles. The second kappa shape index (κ2) is 5.16. The van der Waals surface area contributed by atoms with Crippen LogP contribution >= 0.6 is 11.8 Å². The molecule has 1 saturated heterocycles. The zero-order valence-electron chi connectivity index (χ0n) is 10.6. The lowest BCUT2D eigenvalue weighted by Crippen LogP contribution is -2.66. The number of carbonyl (C=O) groups is 1. The van der Waals surface area contributed by atoms with Gasteiger partial charge in [-0.3, -0.25) is 4.79 Å². The molecule has 98 valence electrons. The van der Waals surface area contributed by atoms with Crippen molar-refractivity contribution in [3.63, 3.8) is 0 Å². The number of rotatable bonds is 4. The molecular weight excluding hydrogens is 236 g/mol. The molecule has 4 atom stereocenters. The summed E-state index contributed by atoms with van der Waals surface area (Å²) in [6, 6.07) is 0.0472. The molecule has 1 heterocycles. The summed E-state index contributed by atoms with van der Waals surface area (Å²) in [6.07, 6.45) is 3.04. The molecule has 1 saturated carbocycles. The van der Waals surface area contributed by atoms with Gasteiger partial charge in [-0.25, -0.2) is 0 Å². The average Bonchev–Trinajstić information content (AvgIpc) is 2.74. The molecule has 3 N–H and O–H groups in total. The van der Waals surface area contributed by atoms with Crippen molar-refractivity contribution in [2.45, 2.75) is 56.0 Å². The fourth-order valence-corrected chi connectivity index (χ4v) is 3.71. The molecule has 0 aromatic heterocycles. The van der Waals surface area contributed by atoms with Crippen LogP contribution in [0.5, 0.6) is 0 Å². The Morgan fingerprint density at radius 1 is 1.65 bits per heavy atom. The first-order valence-corrected chi connectivity index (χ1v) is 7.37. The smallest absolute Gasteiger partial charge is 0.236 e. The first-order chi connectivity index (χ1) is 8.07. The second-order valence-corrected chi connectivity index (χ2v) is 6.67. The van der Waals surface area contributed by atoms with Gasteiger partial charge < -0.3 is 15.8 Å². The van der Waals surface area contributed by atoms with Crippen LogP contribution in [0.1, 0.15) is 33.1 Å². The number of nitrogens with one attached hydrogen (secondary N) is 1. The quantitative estimate of drug-likeness (QED) is 0.786. The first-order valence-electron chi connectivity index (χ1n) is 6.39. The highest BCUT2D eigenvalue weighted by Gasteiger charge is 2.44. The zero-order valence-corrected chi connectivity index (χ0v) is 11.4. The summed E-state index contributed by atoms with van der Waals surface area (Å²) >= 11 is 1.75. The fourth-order valence-electron chi connectivity index (χ4n) is 2.49. The van der Waals surface area contributed by atoms with Gasteiger partial charge in [0.15, 0.2) is 0 Å². The molecule has 17 heavy (non-hydrogen) atoms. The minimum atomic E-state index is -0.258. The largest absolute Gasteiger partial charge is 0.376 e. The topological polar surface area (TPSA) is 64.3 Å². The molecule has 4 nitrogen and oxygen atoms in total. The summed E-state index contributed by atoms with van der Waals surface area (Å²) in [6.45, 7) is 4.67. The standard InChI is InChI=1S/C12H22N2O2S/c1-3-16-9-7-8(13)10(9)14-11(15)12(2)5-4-6-17-12/h8-10H,3-7,13H2,1-2H3,(H,14,15). The maximum absolute atomic E-state index is 12.2. The lowest BCUT2D eigenvalue weighted by atomic mass is 9.83. The number of ether oxygens (including phenoxy) is 1. The Morgan fingerprint density at radius 3 is 2.94 bits per heavy atom. The summed E-state index contributed by atoms with van der Waals surface area (Å²) in [4.78, 5) is 12.2. The SMILES string of the molecule is CCOC1CC(N)C1NC(=O)C1(C)CCCS1. The van der Waals surface area contributed by atoms with Crippen molar-refractivity contribution in [1.82, 2.24) is 5.32 Å². The van der Waals surface area contributed by atoms with Crippen LogP contribution in [0.2, 0.25) is 0 Å². The summed E-state index contributed by atoms with van der Waals surface area (Å²) in [5.41, 5.74) is 5.93. The Morgan fingerprint density at radius 2 is 2.41 bits per heavy atom. The minimum absolute atomic E-state index is 0.000440. The van der Waals surface area contributed by atoms with Crippen LogP contribution < -0.4 is 11.1 Å². The zero-order chi connectivity index (χ0) is 12.5. The summed E-state index contributed by atoms with van der Waals surface area (Å²) < 4.78 is 5.30. The Hall–Kier alpha value is -0.260. The number of hydrogen-bond acceptors (Lipinski definition) is 4. The number of thioether (sulfide) groups is 1. The maximum Gasteiger partial charge on any atom is 0.236 e. The minimum Gasteiger partial charge on any atom is -0.376 e. The van der Waals surface area contributed by atoms with Crippen LogP contribution in [0.25, 0.3) is 0 Å². The molecule has 4 unspecified atom stereocenters. The lowest BCUT2D eigenvalue weighted by molar-refractivity contribution is -0.127. The molecule has 0 radical (unpaired) electrons. The van der Waals surface area contributed by atoms with Gasteiger partial charge in [-0.1, -0.05) is 0 Å². The molecule has 5 heteroatoms. The Labute approximate surface area is 107 Å². The number of amides is 1. The van der Waals surface area contributed by atoms with Crippen molar-refractivity contribution in [1.29, 1.82) is 0 Å².